The molecule has 1 N–H and O–H groups in total. The molecule has 1 rings (SSSR count). The minimum atomic E-state index is -5.01. The minimum Gasteiger partial charge on any atom is -0.407 e. The quantitative estimate of drug-likeness (QED) is 0.622. The molecule has 1 atom stereocenters. The molecule has 0 spiro atoms. The van der Waals surface area contributed by atoms with Gasteiger partial charge in [-0.25, -0.2) is 0 Å². The molecule has 0 aliphatic heterocycles. The van der Waals surface area contributed by atoms with Crippen LogP contribution in [0, 0.1) is 11.8 Å². The van der Waals surface area contributed by atoms with Crippen LogP contribution in [-0.2, 0) is 10.0 Å². The highest BCUT2D eigenvalue weighted by Crippen LogP contribution is 2.40. The molecule has 22 heavy (non-hydrogen) atoms. The van der Waals surface area contributed by atoms with Crippen molar-refractivity contribution in [2.24, 2.45) is 0 Å². The maximum absolute atomic E-state index is 13.2. The van der Waals surface area contributed by atoms with Gasteiger partial charge in [0.1, 0.15) is 0 Å². The van der Waals surface area contributed by atoms with Crippen molar-refractivity contribution >= 4 is 31.5 Å². The lowest BCUT2D eigenvalue weighted by molar-refractivity contribution is -0.240. The summed E-state index contributed by atoms with van der Waals surface area (Å²) in [5.74, 6) is 4.07. The highest BCUT2D eigenvalue weighted by molar-refractivity contribution is 6.69. The summed E-state index contributed by atoms with van der Waals surface area (Å²) < 4.78 is 45.1. The van der Waals surface area contributed by atoms with E-state index >= 15 is 0 Å². The monoisotopic (exact) mass is 370 g/mol. The van der Waals surface area contributed by atoms with Crippen LogP contribution in [0.3, 0.4) is 0 Å². The number of aliphatic hydroxyl groups is 1. The zero-order valence-corrected chi connectivity index (χ0v) is 14.7. The normalized spacial score (nSPS) is 15.0. The van der Waals surface area contributed by atoms with Gasteiger partial charge < -0.3 is 9.53 Å². The van der Waals surface area contributed by atoms with Gasteiger partial charge >= 0.3 is 6.18 Å². The van der Waals surface area contributed by atoms with Crippen LogP contribution in [0.1, 0.15) is 5.56 Å². The zero-order valence-electron chi connectivity index (χ0n) is 12.2. The number of rotatable bonds is 3. The number of benzene rings is 1. The summed E-state index contributed by atoms with van der Waals surface area (Å²) in [4.78, 5) is 0. The van der Waals surface area contributed by atoms with Crippen LogP contribution in [0.5, 0.6) is 0 Å². The fraction of sp³-hybridized carbons (Fsp3) is 0.429. The number of hydrogen-bond acceptors (Lipinski definition) is 2. The Labute approximate surface area is 138 Å². The maximum atomic E-state index is 13.2. The van der Waals surface area contributed by atoms with E-state index in [1.807, 2.05) is 25.6 Å². The molecule has 0 amide bonds. The molecule has 1 unspecified atom stereocenters. The standard InChI is InChI=1S/C14H15Cl2F3O2Si/c1-22(2,3)21-6-4-5-13(20,14(17,18)19)10-7-11(15)9-12(16)8-10/h7-9,20H,6H2,1-3H3. The molecule has 1 aromatic rings. The number of halogens is 5. The summed E-state index contributed by atoms with van der Waals surface area (Å²) in [6, 6.07) is 3.23. The molecule has 0 saturated carbocycles. The fourth-order valence-corrected chi connectivity index (χ4v) is 2.52. The molecule has 1 aromatic carbocycles. The van der Waals surface area contributed by atoms with Gasteiger partial charge in [0, 0.05) is 15.6 Å². The molecule has 0 bridgehead atoms. The molecule has 2 nitrogen and oxygen atoms in total. The lowest BCUT2D eigenvalue weighted by atomic mass is 9.93. The Morgan fingerprint density at radius 2 is 1.64 bits per heavy atom. The molecular weight excluding hydrogens is 356 g/mol. The SMILES string of the molecule is C[Si](C)(C)OCC#CC(O)(c1cc(Cl)cc(Cl)c1)C(F)(F)F. The fourth-order valence-electron chi connectivity index (χ4n) is 1.49. The Hall–Kier alpha value is -0.713. The van der Waals surface area contributed by atoms with Crippen LogP contribution in [0.15, 0.2) is 18.2 Å². The van der Waals surface area contributed by atoms with Crippen molar-refractivity contribution in [2.45, 2.75) is 31.4 Å². The van der Waals surface area contributed by atoms with Crippen molar-refractivity contribution in [3.63, 3.8) is 0 Å². The molecule has 0 aliphatic rings. The second kappa shape index (κ2) is 6.81. The first-order valence-electron chi connectivity index (χ1n) is 6.25. The summed E-state index contributed by atoms with van der Waals surface area (Å²) in [5.41, 5.74) is -3.89. The number of alkyl halides is 3. The zero-order chi connectivity index (χ0) is 17.2. The average molecular weight is 371 g/mol. The number of hydrogen-bond donors (Lipinski definition) is 1. The third-order valence-corrected chi connectivity index (χ3v) is 3.98. The van der Waals surface area contributed by atoms with E-state index in [9.17, 15) is 18.3 Å². The van der Waals surface area contributed by atoms with E-state index in [4.69, 9.17) is 27.6 Å². The molecule has 0 aliphatic carbocycles. The van der Waals surface area contributed by atoms with Crippen molar-refractivity contribution < 1.29 is 22.7 Å². The van der Waals surface area contributed by atoms with Gasteiger partial charge in [0.05, 0.1) is 6.61 Å². The Morgan fingerprint density at radius 3 is 2.05 bits per heavy atom. The van der Waals surface area contributed by atoms with Crippen molar-refractivity contribution in [3.05, 3.63) is 33.8 Å². The van der Waals surface area contributed by atoms with Gasteiger partial charge in [-0.05, 0) is 37.8 Å². The van der Waals surface area contributed by atoms with Crippen molar-refractivity contribution in [1.82, 2.24) is 0 Å². The van der Waals surface area contributed by atoms with Crippen LogP contribution in [0.2, 0.25) is 29.7 Å². The Bertz CT molecular complexity index is 583. The largest absolute Gasteiger partial charge is 0.433 e. The van der Waals surface area contributed by atoms with E-state index in [1.165, 1.54) is 6.07 Å². The smallest absolute Gasteiger partial charge is 0.407 e. The van der Waals surface area contributed by atoms with Crippen LogP contribution in [0.4, 0.5) is 13.2 Å². The van der Waals surface area contributed by atoms with Crippen molar-refractivity contribution in [3.8, 4) is 11.8 Å². The summed E-state index contributed by atoms with van der Waals surface area (Å²) in [7, 11) is -1.90. The highest BCUT2D eigenvalue weighted by Gasteiger charge is 2.54. The van der Waals surface area contributed by atoms with Gasteiger partial charge in [0.15, 0.2) is 8.32 Å². The summed E-state index contributed by atoms with van der Waals surface area (Å²) >= 11 is 11.4. The average Bonchev–Trinajstić information content (AvgIpc) is 2.30. The van der Waals surface area contributed by atoms with Gasteiger partial charge in [-0.3, -0.25) is 0 Å². The van der Waals surface area contributed by atoms with Crippen LogP contribution in [-0.4, -0.2) is 26.2 Å². The second-order valence-electron chi connectivity index (χ2n) is 5.57. The second-order valence-corrected chi connectivity index (χ2v) is 11.0. The van der Waals surface area contributed by atoms with Crippen molar-refractivity contribution in [2.75, 3.05) is 6.61 Å². The Balaban J connectivity index is 3.20. The van der Waals surface area contributed by atoms with E-state index in [2.05, 4.69) is 5.92 Å². The minimum absolute atomic E-state index is 0.0228. The van der Waals surface area contributed by atoms with Gasteiger partial charge in [-0.2, -0.15) is 13.2 Å². The maximum Gasteiger partial charge on any atom is 0.433 e. The molecule has 122 valence electrons. The van der Waals surface area contributed by atoms with E-state index < -0.39 is 25.7 Å². The third-order valence-electron chi connectivity index (χ3n) is 2.54. The van der Waals surface area contributed by atoms with Gasteiger partial charge in [0.25, 0.3) is 0 Å². The molecule has 0 radical (unpaired) electrons. The van der Waals surface area contributed by atoms with E-state index in [-0.39, 0.29) is 16.7 Å². The first kappa shape index (κ1) is 19.3. The molecule has 0 heterocycles. The molecule has 0 fully saturated rings. The van der Waals surface area contributed by atoms with Gasteiger partial charge in [-0.15, -0.1) is 0 Å². The van der Waals surface area contributed by atoms with Crippen LogP contribution >= 0.6 is 23.2 Å². The highest BCUT2D eigenvalue weighted by atomic mass is 35.5. The van der Waals surface area contributed by atoms with Gasteiger partial charge in [0.2, 0.25) is 5.60 Å². The molecular formula is C14H15Cl2F3O2Si. The third kappa shape index (κ3) is 5.18. The lowest BCUT2D eigenvalue weighted by Crippen LogP contribution is -2.41. The summed E-state index contributed by atoms with van der Waals surface area (Å²) in [5, 5.41) is 9.99. The predicted molar refractivity (Wildman–Crippen MR) is 83.5 cm³/mol. The predicted octanol–water partition coefficient (Wildman–Crippen LogP) is 4.60. The van der Waals surface area contributed by atoms with Gasteiger partial charge in [-0.1, -0.05) is 35.0 Å². The molecule has 0 aromatic heterocycles. The topological polar surface area (TPSA) is 29.5 Å². The molecule has 0 saturated heterocycles. The summed E-state index contributed by atoms with van der Waals surface area (Å²) in [6.45, 7) is 5.44. The van der Waals surface area contributed by atoms with E-state index in [0.717, 1.165) is 12.1 Å². The van der Waals surface area contributed by atoms with E-state index in [1.54, 1.807) is 0 Å². The van der Waals surface area contributed by atoms with E-state index in [0.29, 0.717) is 0 Å². The Morgan fingerprint density at radius 1 is 1.14 bits per heavy atom. The molecule has 8 heteroatoms. The Kier molecular flexibility index (Phi) is 5.99. The van der Waals surface area contributed by atoms with Crippen LogP contribution in [0.25, 0.3) is 0 Å². The van der Waals surface area contributed by atoms with Crippen LogP contribution < -0.4 is 0 Å². The first-order chi connectivity index (χ1) is 9.85. The summed E-state index contributed by atoms with van der Waals surface area (Å²) in [6.07, 6.45) is -5.01. The lowest BCUT2D eigenvalue weighted by Gasteiger charge is -2.26. The first-order valence-corrected chi connectivity index (χ1v) is 10.4. The van der Waals surface area contributed by atoms with Crippen molar-refractivity contribution in [1.29, 1.82) is 0 Å².